The van der Waals surface area contributed by atoms with E-state index in [2.05, 4.69) is 27.4 Å². The van der Waals surface area contributed by atoms with Gasteiger partial charge in [-0.2, -0.15) is 0 Å². The molecule has 0 radical (unpaired) electrons. The summed E-state index contributed by atoms with van der Waals surface area (Å²) in [5, 5.41) is 6.70. The minimum absolute atomic E-state index is 0. The zero-order valence-electron chi connectivity index (χ0n) is 13.2. The lowest BCUT2D eigenvalue weighted by Gasteiger charge is -2.22. The van der Waals surface area contributed by atoms with Crippen molar-refractivity contribution in [3.63, 3.8) is 0 Å². The molecular formula is C14H31IN4O. The van der Waals surface area contributed by atoms with E-state index < -0.39 is 0 Å². The summed E-state index contributed by atoms with van der Waals surface area (Å²) in [6.07, 6.45) is 5.07. The van der Waals surface area contributed by atoms with Gasteiger partial charge < -0.3 is 15.4 Å². The molecule has 1 aliphatic carbocycles. The molecule has 0 heterocycles. The molecule has 1 saturated carbocycles. The van der Waals surface area contributed by atoms with Crippen LogP contribution >= 0.6 is 24.0 Å². The summed E-state index contributed by atoms with van der Waals surface area (Å²) in [5.41, 5.74) is 0. The van der Waals surface area contributed by atoms with Gasteiger partial charge >= 0.3 is 0 Å². The summed E-state index contributed by atoms with van der Waals surface area (Å²) in [6, 6.07) is 0.784. The van der Waals surface area contributed by atoms with Gasteiger partial charge in [0.2, 0.25) is 0 Å². The molecule has 1 fully saturated rings. The van der Waals surface area contributed by atoms with Gasteiger partial charge in [0.1, 0.15) is 0 Å². The number of nitrogens with zero attached hydrogens (tertiary/aromatic N) is 2. The SMILES string of the molecule is CCCCNC(=NC)NCCN(CCOC)C1CC1.I. The summed E-state index contributed by atoms with van der Waals surface area (Å²) in [7, 11) is 3.59. The fourth-order valence-electron chi connectivity index (χ4n) is 2.05. The van der Waals surface area contributed by atoms with Crippen LogP contribution in [0.15, 0.2) is 4.99 Å². The van der Waals surface area contributed by atoms with Crippen molar-refractivity contribution in [3.05, 3.63) is 0 Å². The van der Waals surface area contributed by atoms with Crippen molar-refractivity contribution in [2.24, 2.45) is 4.99 Å². The third-order valence-corrected chi connectivity index (χ3v) is 3.38. The molecule has 0 unspecified atom stereocenters. The molecule has 1 aliphatic rings. The number of unbranched alkanes of at least 4 members (excludes halogenated alkanes) is 1. The standard InChI is InChI=1S/C14H30N4O.HI/c1-4-5-8-16-14(15-2)17-9-10-18(11-12-19-3)13-6-7-13;/h13H,4-12H2,1-3H3,(H2,15,16,17);1H. The van der Waals surface area contributed by atoms with E-state index in [1.807, 2.05) is 7.05 Å². The summed E-state index contributed by atoms with van der Waals surface area (Å²) in [5.74, 6) is 0.913. The molecule has 20 heavy (non-hydrogen) atoms. The number of rotatable bonds is 10. The maximum absolute atomic E-state index is 5.17. The smallest absolute Gasteiger partial charge is 0.191 e. The first kappa shape index (κ1) is 19.9. The van der Waals surface area contributed by atoms with Gasteiger partial charge in [-0.15, -0.1) is 24.0 Å². The van der Waals surface area contributed by atoms with Gasteiger partial charge in [0.15, 0.2) is 5.96 Å². The van der Waals surface area contributed by atoms with Crippen LogP contribution in [0.25, 0.3) is 0 Å². The minimum atomic E-state index is 0. The van der Waals surface area contributed by atoms with E-state index in [-0.39, 0.29) is 24.0 Å². The summed E-state index contributed by atoms with van der Waals surface area (Å²) < 4.78 is 5.17. The minimum Gasteiger partial charge on any atom is -0.383 e. The highest BCUT2D eigenvalue weighted by Crippen LogP contribution is 2.25. The van der Waals surface area contributed by atoms with Crippen LogP contribution in [0.3, 0.4) is 0 Å². The van der Waals surface area contributed by atoms with Gasteiger partial charge in [0.05, 0.1) is 6.61 Å². The van der Waals surface area contributed by atoms with Crippen molar-refractivity contribution in [3.8, 4) is 0 Å². The van der Waals surface area contributed by atoms with Crippen LogP contribution in [-0.4, -0.2) is 63.8 Å². The van der Waals surface area contributed by atoms with Crippen molar-refractivity contribution in [1.29, 1.82) is 0 Å². The second kappa shape index (κ2) is 12.6. The van der Waals surface area contributed by atoms with E-state index in [0.29, 0.717) is 0 Å². The monoisotopic (exact) mass is 398 g/mol. The zero-order valence-corrected chi connectivity index (χ0v) is 15.5. The summed E-state index contributed by atoms with van der Waals surface area (Å²) >= 11 is 0. The molecule has 0 spiro atoms. The molecule has 5 nitrogen and oxygen atoms in total. The maximum atomic E-state index is 5.17. The Hall–Kier alpha value is -0.0800. The number of guanidine groups is 1. The van der Waals surface area contributed by atoms with Crippen LogP contribution in [0.5, 0.6) is 0 Å². The number of nitrogens with one attached hydrogen (secondary N) is 2. The third kappa shape index (κ3) is 8.97. The van der Waals surface area contributed by atoms with E-state index in [1.54, 1.807) is 7.11 Å². The number of halogens is 1. The Morgan fingerprint density at radius 1 is 1.25 bits per heavy atom. The Kier molecular flexibility index (Phi) is 12.6. The Labute approximate surface area is 140 Å². The van der Waals surface area contributed by atoms with Crippen LogP contribution in [0, 0.1) is 0 Å². The normalized spacial score (nSPS) is 15.1. The lowest BCUT2D eigenvalue weighted by atomic mass is 10.3. The Balaban J connectivity index is 0.00000361. The first-order chi connectivity index (χ1) is 9.31. The fourth-order valence-corrected chi connectivity index (χ4v) is 2.05. The Morgan fingerprint density at radius 2 is 1.95 bits per heavy atom. The number of hydrogen-bond acceptors (Lipinski definition) is 3. The van der Waals surface area contributed by atoms with Crippen LogP contribution in [0.2, 0.25) is 0 Å². The Morgan fingerprint density at radius 3 is 2.50 bits per heavy atom. The van der Waals surface area contributed by atoms with E-state index in [9.17, 15) is 0 Å². The van der Waals surface area contributed by atoms with Crippen molar-refractivity contribution in [2.45, 2.75) is 38.6 Å². The predicted octanol–water partition coefficient (Wildman–Crippen LogP) is 1.68. The van der Waals surface area contributed by atoms with E-state index >= 15 is 0 Å². The number of aliphatic imine (C=N–C) groups is 1. The molecule has 0 aliphatic heterocycles. The number of hydrogen-bond donors (Lipinski definition) is 2. The molecule has 0 aromatic heterocycles. The van der Waals surface area contributed by atoms with Crippen molar-refractivity contribution in [2.75, 3.05) is 46.9 Å². The van der Waals surface area contributed by atoms with Crippen LogP contribution in [0.4, 0.5) is 0 Å². The highest BCUT2D eigenvalue weighted by molar-refractivity contribution is 14.0. The average Bonchev–Trinajstić information content (AvgIpc) is 3.25. The topological polar surface area (TPSA) is 48.9 Å². The molecule has 6 heteroatoms. The number of methoxy groups -OCH3 is 1. The molecular weight excluding hydrogens is 367 g/mol. The second-order valence-corrected chi connectivity index (χ2v) is 5.04. The molecule has 0 aromatic rings. The van der Waals surface area contributed by atoms with Crippen molar-refractivity contribution < 1.29 is 4.74 Å². The predicted molar refractivity (Wildman–Crippen MR) is 96.2 cm³/mol. The average molecular weight is 398 g/mol. The maximum Gasteiger partial charge on any atom is 0.191 e. The first-order valence-corrected chi connectivity index (χ1v) is 7.49. The van der Waals surface area contributed by atoms with Gasteiger partial charge in [-0.3, -0.25) is 9.89 Å². The molecule has 0 atom stereocenters. The molecule has 0 saturated heterocycles. The van der Waals surface area contributed by atoms with Gasteiger partial charge in [0.25, 0.3) is 0 Å². The lowest BCUT2D eigenvalue weighted by Crippen LogP contribution is -2.43. The molecule has 1 rings (SSSR count). The van der Waals surface area contributed by atoms with E-state index in [1.165, 1.54) is 25.7 Å². The van der Waals surface area contributed by atoms with E-state index in [4.69, 9.17) is 4.74 Å². The summed E-state index contributed by atoms with van der Waals surface area (Å²) in [6.45, 7) is 7.03. The van der Waals surface area contributed by atoms with Crippen LogP contribution in [-0.2, 0) is 4.74 Å². The van der Waals surface area contributed by atoms with Gasteiger partial charge in [-0.05, 0) is 19.3 Å². The molecule has 0 amide bonds. The summed E-state index contributed by atoms with van der Waals surface area (Å²) in [4.78, 5) is 6.74. The highest BCUT2D eigenvalue weighted by Gasteiger charge is 2.28. The van der Waals surface area contributed by atoms with E-state index in [0.717, 1.165) is 44.8 Å². The molecule has 120 valence electrons. The number of ether oxygens (including phenoxy) is 1. The third-order valence-electron chi connectivity index (χ3n) is 3.38. The molecule has 0 aromatic carbocycles. The zero-order chi connectivity index (χ0) is 13.9. The fraction of sp³-hybridized carbons (Fsp3) is 0.929. The molecule has 2 N–H and O–H groups in total. The van der Waals surface area contributed by atoms with Gasteiger partial charge in [0, 0.05) is 46.4 Å². The second-order valence-electron chi connectivity index (χ2n) is 5.04. The Bertz CT molecular complexity index is 260. The van der Waals surface area contributed by atoms with Crippen LogP contribution < -0.4 is 10.6 Å². The van der Waals surface area contributed by atoms with Crippen molar-refractivity contribution in [1.82, 2.24) is 15.5 Å². The quantitative estimate of drug-likeness (QED) is 0.255. The van der Waals surface area contributed by atoms with Crippen molar-refractivity contribution >= 4 is 29.9 Å². The first-order valence-electron chi connectivity index (χ1n) is 7.49. The van der Waals surface area contributed by atoms with Gasteiger partial charge in [-0.1, -0.05) is 13.3 Å². The lowest BCUT2D eigenvalue weighted by molar-refractivity contribution is 0.144. The largest absolute Gasteiger partial charge is 0.383 e. The molecule has 0 bridgehead atoms. The van der Waals surface area contributed by atoms with Gasteiger partial charge in [-0.25, -0.2) is 0 Å². The van der Waals surface area contributed by atoms with Crippen LogP contribution in [0.1, 0.15) is 32.6 Å². The highest BCUT2D eigenvalue weighted by atomic mass is 127.